The highest BCUT2D eigenvalue weighted by Crippen LogP contribution is 2.34. The number of nitro benzene ring substituents is 1. The second-order valence-corrected chi connectivity index (χ2v) is 3.93. The number of amides is 1. The van der Waals surface area contributed by atoms with Gasteiger partial charge in [-0.2, -0.15) is 13.2 Å². The fourth-order valence-corrected chi connectivity index (χ4v) is 1.44. The monoisotopic (exact) mass is 291 g/mol. The lowest BCUT2D eigenvalue weighted by Crippen LogP contribution is -2.15. The van der Waals surface area contributed by atoms with Crippen LogP contribution in [0.4, 0.5) is 24.5 Å². The van der Waals surface area contributed by atoms with E-state index in [9.17, 15) is 28.1 Å². The largest absolute Gasteiger partial charge is 0.416 e. The number of nitrogens with one attached hydrogen (secondary N) is 1. The van der Waals surface area contributed by atoms with Gasteiger partial charge in [0.1, 0.15) is 5.69 Å². The van der Waals surface area contributed by atoms with Gasteiger partial charge in [-0.1, -0.05) is 0 Å². The van der Waals surface area contributed by atoms with Gasteiger partial charge in [-0.15, -0.1) is 0 Å². The first-order chi connectivity index (χ1) is 9.25. The second kappa shape index (κ2) is 6.33. The highest BCUT2D eigenvalue weighted by Gasteiger charge is 2.33. The molecule has 0 aromatic heterocycles. The van der Waals surface area contributed by atoms with Gasteiger partial charge >= 0.3 is 6.18 Å². The fourth-order valence-electron chi connectivity index (χ4n) is 1.44. The topological polar surface area (TPSA) is 98.3 Å². The van der Waals surface area contributed by atoms with Gasteiger partial charge in [-0.3, -0.25) is 14.9 Å². The molecule has 1 rings (SSSR count). The molecule has 0 radical (unpaired) electrons. The standard InChI is InChI=1S/C11H12F3N3O3/c12-11(13,14)7-3-4-8(9(6-7)17(19)20)16-10(18)2-1-5-15/h3-4,6H,1-2,5,15H2,(H,16,18). The second-order valence-electron chi connectivity index (χ2n) is 3.93. The van der Waals surface area contributed by atoms with E-state index in [1.165, 1.54) is 0 Å². The molecule has 1 amide bonds. The number of alkyl halides is 3. The van der Waals surface area contributed by atoms with Crippen molar-refractivity contribution in [3.63, 3.8) is 0 Å². The molecule has 0 saturated heterocycles. The zero-order valence-corrected chi connectivity index (χ0v) is 10.2. The Morgan fingerprint density at radius 1 is 1.40 bits per heavy atom. The van der Waals surface area contributed by atoms with Crippen molar-refractivity contribution >= 4 is 17.3 Å². The average Bonchev–Trinajstić information content (AvgIpc) is 2.35. The molecular weight excluding hydrogens is 279 g/mol. The van der Waals surface area contributed by atoms with Crippen LogP contribution in [0.5, 0.6) is 0 Å². The molecule has 0 fully saturated rings. The molecule has 6 nitrogen and oxygen atoms in total. The zero-order valence-electron chi connectivity index (χ0n) is 10.2. The summed E-state index contributed by atoms with van der Waals surface area (Å²) in [6.07, 6.45) is -4.28. The Morgan fingerprint density at radius 2 is 2.05 bits per heavy atom. The molecular formula is C11H12F3N3O3. The third-order valence-electron chi connectivity index (χ3n) is 2.40. The summed E-state index contributed by atoms with van der Waals surface area (Å²) in [5.41, 5.74) is 2.98. The van der Waals surface area contributed by atoms with E-state index in [1.807, 2.05) is 0 Å². The Hall–Kier alpha value is -2.16. The average molecular weight is 291 g/mol. The summed E-state index contributed by atoms with van der Waals surface area (Å²) >= 11 is 0. The summed E-state index contributed by atoms with van der Waals surface area (Å²) in [5.74, 6) is -0.543. The summed E-state index contributed by atoms with van der Waals surface area (Å²) in [4.78, 5) is 21.2. The summed E-state index contributed by atoms with van der Waals surface area (Å²) in [5, 5.41) is 13.0. The summed E-state index contributed by atoms with van der Waals surface area (Å²) in [6, 6.07) is 1.92. The van der Waals surface area contributed by atoms with Crippen LogP contribution in [-0.4, -0.2) is 17.4 Å². The van der Waals surface area contributed by atoms with E-state index in [-0.39, 0.29) is 18.7 Å². The lowest BCUT2D eigenvalue weighted by Gasteiger charge is -2.09. The molecule has 0 unspecified atom stereocenters. The summed E-state index contributed by atoms with van der Waals surface area (Å²) < 4.78 is 37.4. The van der Waals surface area contributed by atoms with E-state index in [1.54, 1.807) is 0 Å². The van der Waals surface area contributed by atoms with Crippen molar-refractivity contribution in [2.75, 3.05) is 11.9 Å². The molecule has 1 aromatic carbocycles. The maximum absolute atomic E-state index is 12.5. The van der Waals surface area contributed by atoms with Crippen LogP contribution in [0.25, 0.3) is 0 Å². The Morgan fingerprint density at radius 3 is 2.55 bits per heavy atom. The fraction of sp³-hybridized carbons (Fsp3) is 0.364. The molecule has 0 heterocycles. The number of hydrogen-bond donors (Lipinski definition) is 2. The van der Waals surface area contributed by atoms with Gasteiger partial charge in [0.25, 0.3) is 5.69 Å². The van der Waals surface area contributed by atoms with Crippen molar-refractivity contribution in [2.24, 2.45) is 5.73 Å². The molecule has 9 heteroatoms. The lowest BCUT2D eigenvalue weighted by molar-refractivity contribution is -0.384. The minimum absolute atomic E-state index is 0.0364. The van der Waals surface area contributed by atoms with E-state index < -0.39 is 28.3 Å². The van der Waals surface area contributed by atoms with E-state index in [0.717, 1.165) is 6.07 Å². The van der Waals surface area contributed by atoms with E-state index >= 15 is 0 Å². The Kier molecular flexibility index (Phi) is 5.03. The van der Waals surface area contributed by atoms with Crippen LogP contribution < -0.4 is 11.1 Å². The molecule has 0 bridgehead atoms. The van der Waals surface area contributed by atoms with Crippen molar-refractivity contribution in [1.29, 1.82) is 0 Å². The summed E-state index contributed by atoms with van der Waals surface area (Å²) in [6.45, 7) is 0.266. The van der Waals surface area contributed by atoms with Crippen molar-refractivity contribution in [3.05, 3.63) is 33.9 Å². The number of nitrogens with two attached hydrogens (primary N) is 1. The van der Waals surface area contributed by atoms with E-state index in [0.29, 0.717) is 18.6 Å². The van der Waals surface area contributed by atoms with E-state index in [4.69, 9.17) is 5.73 Å². The summed E-state index contributed by atoms with van der Waals surface area (Å²) in [7, 11) is 0. The molecule has 0 aliphatic rings. The van der Waals surface area contributed by atoms with Crippen LogP contribution in [0.15, 0.2) is 18.2 Å². The molecule has 20 heavy (non-hydrogen) atoms. The van der Waals surface area contributed by atoms with Crippen molar-refractivity contribution < 1.29 is 22.9 Å². The Bertz CT molecular complexity index is 517. The van der Waals surface area contributed by atoms with Crippen molar-refractivity contribution in [3.8, 4) is 0 Å². The number of hydrogen-bond acceptors (Lipinski definition) is 4. The van der Waals surface area contributed by atoms with Crippen molar-refractivity contribution in [2.45, 2.75) is 19.0 Å². The van der Waals surface area contributed by atoms with Gasteiger partial charge in [0.15, 0.2) is 0 Å². The number of nitrogens with zero attached hydrogens (tertiary/aromatic N) is 1. The van der Waals surface area contributed by atoms with Gasteiger partial charge in [-0.05, 0) is 25.1 Å². The number of nitro groups is 1. The number of rotatable bonds is 5. The van der Waals surface area contributed by atoms with Gasteiger partial charge in [0.05, 0.1) is 10.5 Å². The highest BCUT2D eigenvalue weighted by atomic mass is 19.4. The smallest absolute Gasteiger partial charge is 0.330 e. The Balaban J connectivity index is 3.02. The number of anilines is 1. The predicted molar refractivity (Wildman–Crippen MR) is 65.0 cm³/mol. The maximum Gasteiger partial charge on any atom is 0.416 e. The first kappa shape index (κ1) is 15.9. The number of halogens is 3. The van der Waals surface area contributed by atoms with Crippen LogP contribution in [0.2, 0.25) is 0 Å². The predicted octanol–water partition coefficient (Wildman–Crippen LogP) is 2.29. The van der Waals surface area contributed by atoms with Crippen LogP contribution in [0, 0.1) is 10.1 Å². The Labute approximate surface area is 111 Å². The molecule has 0 spiro atoms. The molecule has 0 saturated carbocycles. The van der Waals surface area contributed by atoms with Gasteiger partial charge < -0.3 is 11.1 Å². The van der Waals surface area contributed by atoms with Crippen LogP contribution >= 0.6 is 0 Å². The third kappa shape index (κ3) is 4.19. The number of carbonyl (C=O) groups is 1. The molecule has 0 atom stereocenters. The van der Waals surface area contributed by atoms with Crippen LogP contribution in [-0.2, 0) is 11.0 Å². The molecule has 1 aromatic rings. The van der Waals surface area contributed by atoms with Gasteiger partial charge in [0.2, 0.25) is 5.91 Å². The van der Waals surface area contributed by atoms with Crippen LogP contribution in [0.1, 0.15) is 18.4 Å². The molecule has 0 aliphatic carbocycles. The van der Waals surface area contributed by atoms with Gasteiger partial charge in [-0.25, -0.2) is 0 Å². The highest BCUT2D eigenvalue weighted by molar-refractivity contribution is 5.93. The quantitative estimate of drug-likeness (QED) is 0.642. The zero-order chi connectivity index (χ0) is 15.3. The molecule has 0 aliphatic heterocycles. The van der Waals surface area contributed by atoms with E-state index in [2.05, 4.69) is 5.32 Å². The SMILES string of the molecule is NCCCC(=O)Nc1ccc(C(F)(F)F)cc1[N+](=O)[O-]. The lowest BCUT2D eigenvalue weighted by atomic mass is 10.1. The molecule has 110 valence electrons. The van der Waals surface area contributed by atoms with Crippen LogP contribution in [0.3, 0.4) is 0 Å². The van der Waals surface area contributed by atoms with Crippen molar-refractivity contribution in [1.82, 2.24) is 0 Å². The first-order valence-electron chi connectivity index (χ1n) is 5.61. The minimum atomic E-state index is -4.69. The first-order valence-corrected chi connectivity index (χ1v) is 5.61. The van der Waals surface area contributed by atoms with Gasteiger partial charge in [0, 0.05) is 12.5 Å². The number of carbonyl (C=O) groups excluding carboxylic acids is 1. The third-order valence-corrected chi connectivity index (χ3v) is 2.40. The minimum Gasteiger partial charge on any atom is -0.330 e. The maximum atomic E-state index is 12.5. The number of benzene rings is 1. The molecule has 3 N–H and O–H groups in total. The normalized spacial score (nSPS) is 11.2.